The molecule has 0 aliphatic heterocycles. The standard InChI is InChI=1S/C13H25NO2/c1-12(2)10-8-6-4-3-5-7-9-11-13(15)14-16/h9,11-12,16H,3-8,10H2,1-2H3,(H,14,15)/b11-9-. The molecule has 0 aliphatic carbocycles. The molecule has 0 spiro atoms. The minimum Gasteiger partial charge on any atom is -0.288 e. The molecule has 0 aromatic heterocycles. The van der Waals surface area contributed by atoms with Crippen molar-refractivity contribution in [1.29, 1.82) is 0 Å². The first-order valence-electron chi connectivity index (χ1n) is 6.27. The number of amides is 1. The van der Waals surface area contributed by atoms with E-state index in [1.54, 1.807) is 11.6 Å². The second kappa shape index (κ2) is 10.7. The SMILES string of the molecule is CC(C)CCCCCCC/C=C\C(=O)NO. The van der Waals surface area contributed by atoms with Crippen molar-refractivity contribution in [2.24, 2.45) is 5.92 Å². The second-order valence-corrected chi connectivity index (χ2v) is 4.62. The van der Waals surface area contributed by atoms with E-state index in [1.807, 2.05) is 0 Å². The molecule has 1 amide bonds. The molecule has 0 fully saturated rings. The third kappa shape index (κ3) is 11.2. The monoisotopic (exact) mass is 227 g/mol. The highest BCUT2D eigenvalue weighted by Crippen LogP contribution is 2.11. The molecule has 0 rings (SSSR count). The van der Waals surface area contributed by atoms with Crippen molar-refractivity contribution in [3.63, 3.8) is 0 Å². The third-order valence-corrected chi connectivity index (χ3v) is 2.53. The van der Waals surface area contributed by atoms with Gasteiger partial charge in [-0.2, -0.15) is 0 Å². The highest BCUT2D eigenvalue weighted by atomic mass is 16.5. The van der Waals surface area contributed by atoms with Gasteiger partial charge in [0.15, 0.2) is 0 Å². The van der Waals surface area contributed by atoms with E-state index in [0.717, 1.165) is 18.8 Å². The molecule has 94 valence electrons. The van der Waals surface area contributed by atoms with E-state index in [2.05, 4.69) is 13.8 Å². The molecule has 0 radical (unpaired) electrons. The molecule has 0 unspecified atom stereocenters. The van der Waals surface area contributed by atoms with Crippen molar-refractivity contribution in [1.82, 2.24) is 5.48 Å². The molecule has 0 bridgehead atoms. The summed E-state index contributed by atoms with van der Waals surface area (Å²) >= 11 is 0. The molecule has 0 aliphatic rings. The van der Waals surface area contributed by atoms with Gasteiger partial charge in [0.05, 0.1) is 0 Å². The van der Waals surface area contributed by atoms with E-state index in [0.29, 0.717) is 0 Å². The molecule has 0 aromatic carbocycles. The summed E-state index contributed by atoms with van der Waals surface area (Å²) in [5, 5.41) is 8.23. The maximum atomic E-state index is 10.6. The lowest BCUT2D eigenvalue weighted by Gasteiger charge is -2.03. The number of hydrogen-bond acceptors (Lipinski definition) is 2. The Hall–Kier alpha value is -0.830. The molecule has 3 heteroatoms. The molecule has 0 aromatic rings. The first-order chi connectivity index (χ1) is 7.66. The molecule has 16 heavy (non-hydrogen) atoms. The van der Waals surface area contributed by atoms with Crippen LogP contribution in [-0.4, -0.2) is 11.1 Å². The summed E-state index contributed by atoms with van der Waals surface area (Å²) in [5.74, 6) is 0.372. The summed E-state index contributed by atoms with van der Waals surface area (Å²) in [6, 6.07) is 0. The first-order valence-corrected chi connectivity index (χ1v) is 6.27. The van der Waals surface area contributed by atoms with Crippen molar-refractivity contribution in [3.8, 4) is 0 Å². The van der Waals surface area contributed by atoms with E-state index in [4.69, 9.17) is 5.21 Å². The summed E-state index contributed by atoms with van der Waals surface area (Å²) in [4.78, 5) is 10.6. The normalized spacial score (nSPS) is 11.2. The number of nitrogens with one attached hydrogen (secondary N) is 1. The number of carbonyl (C=O) groups is 1. The zero-order valence-electron chi connectivity index (χ0n) is 10.5. The van der Waals surface area contributed by atoms with Gasteiger partial charge in [0.2, 0.25) is 0 Å². The van der Waals surface area contributed by atoms with E-state index in [9.17, 15) is 4.79 Å². The third-order valence-electron chi connectivity index (χ3n) is 2.53. The summed E-state index contributed by atoms with van der Waals surface area (Å²) in [6.45, 7) is 4.52. The molecule has 0 saturated carbocycles. The van der Waals surface area contributed by atoms with Crippen LogP contribution in [0.4, 0.5) is 0 Å². The van der Waals surface area contributed by atoms with Crippen molar-refractivity contribution in [3.05, 3.63) is 12.2 Å². The van der Waals surface area contributed by atoms with Gasteiger partial charge in [-0.1, -0.05) is 52.0 Å². The number of hydroxylamine groups is 1. The Kier molecular flexibility index (Phi) is 10.1. The lowest BCUT2D eigenvalue weighted by atomic mass is 10.0. The van der Waals surface area contributed by atoms with Gasteiger partial charge < -0.3 is 0 Å². The van der Waals surface area contributed by atoms with Crippen molar-refractivity contribution < 1.29 is 10.0 Å². The fourth-order valence-corrected chi connectivity index (χ4v) is 1.57. The van der Waals surface area contributed by atoms with E-state index < -0.39 is 5.91 Å². The predicted octanol–water partition coefficient (Wildman–Crippen LogP) is 3.43. The number of allylic oxidation sites excluding steroid dienone is 1. The van der Waals surface area contributed by atoms with Gasteiger partial charge in [-0.25, -0.2) is 5.48 Å². The van der Waals surface area contributed by atoms with Gasteiger partial charge in [0.1, 0.15) is 0 Å². The molecule has 0 saturated heterocycles. The number of unbranched alkanes of at least 4 members (excludes halogenated alkanes) is 5. The average Bonchev–Trinajstić information content (AvgIpc) is 2.26. The summed E-state index contributed by atoms with van der Waals surface area (Å²) in [6.07, 6.45) is 11.7. The Labute approximate surface area is 98.9 Å². The molecule has 0 heterocycles. The fraction of sp³-hybridized carbons (Fsp3) is 0.769. The Balaban J connectivity index is 3.15. The number of rotatable bonds is 9. The van der Waals surface area contributed by atoms with Crippen LogP contribution in [0.2, 0.25) is 0 Å². The maximum Gasteiger partial charge on any atom is 0.267 e. The Morgan fingerprint density at radius 3 is 2.44 bits per heavy atom. The highest BCUT2D eigenvalue weighted by Gasteiger charge is 1.94. The van der Waals surface area contributed by atoms with Gasteiger partial charge in [-0.15, -0.1) is 0 Å². The number of carbonyl (C=O) groups excluding carboxylic acids is 1. The van der Waals surface area contributed by atoms with Crippen LogP contribution < -0.4 is 5.48 Å². The van der Waals surface area contributed by atoms with Crippen LogP contribution in [-0.2, 0) is 4.79 Å². The van der Waals surface area contributed by atoms with Gasteiger partial charge in [0.25, 0.3) is 5.91 Å². The van der Waals surface area contributed by atoms with Crippen LogP contribution >= 0.6 is 0 Å². The highest BCUT2D eigenvalue weighted by molar-refractivity contribution is 5.86. The van der Waals surface area contributed by atoms with Crippen LogP contribution in [0.25, 0.3) is 0 Å². The minimum absolute atomic E-state index is 0.447. The molecular weight excluding hydrogens is 202 g/mol. The molecule has 0 atom stereocenters. The summed E-state index contributed by atoms with van der Waals surface area (Å²) in [7, 11) is 0. The Morgan fingerprint density at radius 1 is 1.19 bits per heavy atom. The quantitative estimate of drug-likeness (QED) is 0.274. The van der Waals surface area contributed by atoms with Crippen molar-refractivity contribution >= 4 is 5.91 Å². The topological polar surface area (TPSA) is 49.3 Å². The zero-order chi connectivity index (χ0) is 12.2. The van der Waals surface area contributed by atoms with E-state index >= 15 is 0 Å². The van der Waals surface area contributed by atoms with Gasteiger partial charge in [0, 0.05) is 6.08 Å². The first kappa shape index (κ1) is 15.2. The van der Waals surface area contributed by atoms with Crippen molar-refractivity contribution in [2.45, 2.75) is 58.8 Å². The van der Waals surface area contributed by atoms with Crippen LogP contribution in [0.15, 0.2) is 12.2 Å². The van der Waals surface area contributed by atoms with Crippen LogP contribution in [0.3, 0.4) is 0 Å². The van der Waals surface area contributed by atoms with Crippen LogP contribution in [0.5, 0.6) is 0 Å². The van der Waals surface area contributed by atoms with Gasteiger partial charge in [-0.05, 0) is 18.8 Å². The maximum absolute atomic E-state index is 10.6. The van der Waals surface area contributed by atoms with Gasteiger partial charge >= 0.3 is 0 Å². The Bertz CT molecular complexity index is 200. The predicted molar refractivity (Wildman–Crippen MR) is 66.2 cm³/mol. The average molecular weight is 227 g/mol. The second-order valence-electron chi connectivity index (χ2n) is 4.62. The lowest BCUT2D eigenvalue weighted by molar-refractivity contribution is -0.124. The largest absolute Gasteiger partial charge is 0.288 e. The van der Waals surface area contributed by atoms with E-state index in [1.165, 1.54) is 38.2 Å². The van der Waals surface area contributed by atoms with Crippen LogP contribution in [0, 0.1) is 5.92 Å². The molecule has 2 N–H and O–H groups in total. The van der Waals surface area contributed by atoms with Crippen LogP contribution in [0.1, 0.15) is 58.8 Å². The van der Waals surface area contributed by atoms with Crippen molar-refractivity contribution in [2.75, 3.05) is 0 Å². The minimum atomic E-state index is -0.447. The summed E-state index contributed by atoms with van der Waals surface area (Å²) < 4.78 is 0. The molecular formula is C13H25NO2. The smallest absolute Gasteiger partial charge is 0.267 e. The Morgan fingerprint density at radius 2 is 1.81 bits per heavy atom. The molecule has 3 nitrogen and oxygen atoms in total. The lowest BCUT2D eigenvalue weighted by Crippen LogP contribution is -2.14. The van der Waals surface area contributed by atoms with Gasteiger partial charge in [-0.3, -0.25) is 10.0 Å². The number of hydrogen-bond donors (Lipinski definition) is 2. The zero-order valence-corrected chi connectivity index (χ0v) is 10.5. The fourth-order valence-electron chi connectivity index (χ4n) is 1.57. The summed E-state index contributed by atoms with van der Waals surface area (Å²) in [5.41, 5.74) is 1.57. The van der Waals surface area contributed by atoms with E-state index in [-0.39, 0.29) is 0 Å².